The Balaban J connectivity index is 1.50. The van der Waals surface area contributed by atoms with Crippen LogP contribution in [-0.2, 0) is 11.3 Å². The number of fused-ring (bicyclic) bond motifs is 1. The van der Waals surface area contributed by atoms with Crippen molar-refractivity contribution in [2.24, 2.45) is 5.73 Å². The number of halogens is 1. The Morgan fingerprint density at radius 3 is 2.55 bits per heavy atom. The van der Waals surface area contributed by atoms with E-state index in [0.29, 0.717) is 51.1 Å². The first-order valence-electron chi connectivity index (χ1n) is 13.7. The van der Waals surface area contributed by atoms with E-state index in [9.17, 15) is 19.1 Å². The maximum absolute atomic E-state index is 14.3. The number of nitrogens with two attached hydrogens (primary N) is 1. The van der Waals surface area contributed by atoms with Gasteiger partial charge in [-0.05, 0) is 61.1 Å². The number of rotatable bonds is 5. The lowest BCUT2D eigenvalue weighted by Crippen LogP contribution is -2.44. The zero-order valence-corrected chi connectivity index (χ0v) is 22.1. The predicted octanol–water partition coefficient (Wildman–Crippen LogP) is 3.33. The number of ether oxygens (including phenoxy) is 1. The van der Waals surface area contributed by atoms with Crippen molar-refractivity contribution in [3.05, 3.63) is 86.9 Å². The summed E-state index contributed by atoms with van der Waals surface area (Å²) in [5.41, 5.74) is 8.02. The topological polar surface area (TPSA) is 116 Å². The van der Waals surface area contributed by atoms with Crippen molar-refractivity contribution in [1.29, 1.82) is 0 Å². The van der Waals surface area contributed by atoms with E-state index in [1.54, 1.807) is 18.2 Å². The van der Waals surface area contributed by atoms with Gasteiger partial charge in [0.2, 0.25) is 0 Å². The molecule has 9 nitrogen and oxygen atoms in total. The second-order valence-corrected chi connectivity index (χ2v) is 10.6. The summed E-state index contributed by atoms with van der Waals surface area (Å²) in [6.07, 6.45) is 3.61. The molecule has 3 heterocycles. The summed E-state index contributed by atoms with van der Waals surface area (Å²) in [6, 6.07) is 13.6. The molecule has 1 aliphatic carbocycles. The summed E-state index contributed by atoms with van der Waals surface area (Å²) in [5.74, 6) is -0.452. The molecule has 10 heteroatoms. The van der Waals surface area contributed by atoms with Gasteiger partial charge in [0.25, 0.3) is 5.56 Å². The number of benzene rings is 2. The molecule has 6 rings (SSSR count). The van der Waals surface area contributed by atoms with Crippen LogP contribution in [-0.4, -0.2) is 56.5 Å². The molecule has 2 aromatic heterocycles. The van der Waals surface area contributed by atoms with Crippen LogP contribution in [0.4, 0.5) is 4.39 Å². The second kappa shape index (κ2) is 11.0. The van der Waals surface area contributed by atoms with Gasteiger partial charge < -0.3 is 15.6 Å². The van der Waals surface area contributed by atoms with Gasteiger partial charge in [-0.1, -0.05) is 24.3 Å². The molecule has 208 valence electrons. The van der Waals surface area contributed by atoms with Crippen LogP contribution in [0.1, 0.15) is 37.3 Å². The molecule has 2 aromatic carbocycles. The molecule has 2 fully saturated rings. The fraction of sp³-hybridized carbons (Fsp3) is 0.367. The molecule has 0 atom stereocenters. The summed E-state index contributed by atoms with van der Waals surface area (Å²) >= 11 is 0. The summed E-state index contributed by atoms with van der Waals surface area (Å²) < 4.78 is 22.4. The standard InChI is InChI=1S/C30H32FN5O4/c31-20-16-25-28(33-17-20)35(30(39)36(29(25)38)22-9-7-21(32)8-10-22)23-4-1-3-19(15-23)24-5-2-6-27(37)26(24)18-34-11-13-40-14-12-34/h1-6,15-17,21-22,37H,7-14,18,32H2. The summed E-state index contributed by atoms with van der Waals surface area (Å²) in [5, 5.41) is 10.9. The number of nitrogens with zero attached hydrogens (tertiary/aromatic N) is 4. The van der Waals surface area contributed by atoms with Crippen LogP contribution in [0.5, 0.6) is 5.75 Å². The minimum Gasteiger partial charge on any atom is -0.508 e. The number of pyridine rings is 1. The fourth-order valence-electron chi connectivity index (χ4n) is 5.90. The molecular weight excluding hydrogens is 513 g/mol. The number of morpholine rings is 1. The first-order chi connectivity index (χ1) is 19.4. The minimum absolute atomic E-state index is 0.0411. The van der Waals surface area contributed by atoms with E-state index in [-0.39, 0.29) is 28.9 Å². The third-order valence-corrected chi connectivity index (χ3v) is 8.05. The Morgan fingerprint density at radius 2 is 1.77 bits per heavy atom. The summed E-state index contributed by atoms with van der Waals surface area (Å²) in [4.78, 5) is 33.9. The van der Waals surface area contributed by atoms with E-state index in [1.807, 2.05) is 24.3 Å². The highest BCUT2D eigenvalue weighted by Gasteiger charge is 2.26. The van der Waals surface area contributed by atoms with Crippen LogP contribution in [0.3, 0.4) is 0 Å². The molecule has 0 amide bonds. The average Bonchev–Trinajstić information content (AvgIpc) is 2.96. The van der Waals surface area contributed by atoms with E-state index in [0.717, 1.165) is 42.0 Å². The predicted molar refractivity (Wildman–Crippen MR) is 150 cm³/mol. The molecule has 40 heavy (non-hydrogen) atoms. The number of hydrogen-bond acceptors (Lipinski definition) is 7. The molecule has 3 N–H and O–H groups in total. The molecule has 0 radical (unpaired) electrons. The Bertz CT molecular complexity index is 1670. The second-order valence-electron chi connectivity index (χ2n) is 10.6. The average molecular weight is 546 g/mol. The van der Waals surface area contributed by atoms with Crippen LogP contribution in [0.15, 0.2) is 64.3 Å². The van der Waals surface area contributed by atoms with E-state index >= 15 is 0 Å². The fourth-order valence-corrected chi connectivity index (χ4v) is 5.90. The number of aromatic hydroxyl groups is 1. The van der Waals surface area contributed by atoms with E-state index in [4.69, 9.17) is 10.5 Å². The van der Waals surface area contributed by atoms with Gasteiger partial charge in [-0.2, -0.15) is 0 Å². The van der Waals surface area contributed by atoms with Gasteiger partial charge in [0.15, 0.2) is 5.65 Å². The number of phenols is 1. The first kappa shape index (κ1) is 26.4. The molecule has 0 unspecified atom stereocenters. The van der Waals surface area contributed by atoms with Gasteiger partial charge in [-0.3, -0.25) is 14.3 Å². The molecule has 4 aromatic rings. The van der Waals surface area contributed by atoms with Gasteiger partial charge in [-0.15, -0.1) is 0 Å². The molecule has 1 aliphatic heterocycles. The van der Waals surface area contributed by atoms with Crippen molar-refractivity contribution in [2.45, 2.75) is 44.3 Å². The molecule has 1 saturated heterocycles. The molecular formula is C30H32FN5O4. The zero-order chi connectivity index (χ0) is 27.8. The SMILES string of the molecule is NC1CCC(n2c(=O)c3cc(F)cnc3n(-c3cccc(-c4cccc(O)c4CN4CCOCC4)c3)c2=O)CC1. The molecule has 2 aliphatic rings. The normalized spacial score (nSPS) is 20.1. The summed E-state index contributed by atoms with van der Waals surface area (Å²) in [6.45, 7) is 3.37. The van der Waals surface area contributed by atoms with Crippen molar-refractivity contribution in [1.82, 2.24) is 19.0 Å². The number of phenolic OH excluding ortho intramolecular Hbond substituents is 1. The van der Waals surface area contributed by atoms with Gasteiger partial charge in [-0.25, -0.2) is 18.7 Å². The number of aromatic nitrogens is 3. The minimum atomic E-state index is -0.645. The van der Waals surface area contributed by atoms with E-state index < -0.39 is 17.1 Å². The van der Waals surface area contributed by atoms with Crippen molar-refractivity contribution >= 4 is 11.0 Å². The maximum atomic E-state index is 14.3. The van der Waals surface area contributed by atoms with Crippen molar-refractivity contribution < 1.29 is 14.2 Å². The maximum Gasteiger partial charge on any atom is 0.337 e. The van der Waals surface area contributed by atoms with Crippen LogP contribution in [0.2, 0.25) is 0 Å². The zero-order valence-electron chi connectivity index (χ0n) is 22.1. The Labute approximate surface area is 230 Å². The van der Waals surface area contributed by atoms with Gasteiger partial charge in [0.1, 0.15) is 11.6 Å². The quantitative estimate of drug-likeness (QED) is 0.395. The van der Waals surface area contributed by atoms with Crippen molar-refractivity contribution in [2.75, 3.05) is 26.3 Å². The molecule has 0 spiro atoms. The lowest BCUT2D eigenvalue weighted by atomic mass is 9.91. The van der Waals surface area contributed by atoms with Crippen LogP contribution in [0, 0.1) is 5.82 Å². The van der Waals surface area contributed by atoms with Crippen LogP contribution in [0.25, 0.3) is 27.8 Å². The Hall–Kier alpha value is -3.86. The molecule has 0 bridgehead atoms. The highest BCUT2D eigenvalue weighted by atomic mass is 19.1. The third-order valence-electron chi connectivity index (χ3n) is 8.05. The lowest BCUT2D eigenvalue weighted by molar-refractivity contribution is 0.0339. The Kier molecular flexibility index (Phi) is 7.22. The van der Waals surface area contributed by atoms with Gasteiger partial charge >= 0.3 is 5.69 Å². The highest BCUT2D eigenvalue weighted by molar-refractivity contribution is 5.77. The van der Waals surface area contributed by atoms with Crippen LogP contribution >= 0.6 is 0 Å². The van der Waals surface area contributed by atoms with E-state index in [2.05, 4.69) is 9.88 Å². The lowest BCUT2D eigenvalue weighted by Gasteiger charge is -2.28. The third kappa shape index (κ3) is 4.94. The smallest absolute Gasteiger partial charge is 0.337 e. The monoisotopic (exact) mass is 545 g/mol. The first-order valence-corrected chi connectivity index (χ1v) is 13.7. The summed E-state index contributed by atoms with van der Waals surface area (Å²) in [7, 11) is 0. The number of hydrogen-bond donors (Lipinski definition) is 2. The largest absolute Gasteiger partial charge is 0.508 e. The van der Waals surface area contributed by atoms with Crippen molar-refractivity contribution in [3.63, 3.8) is 0 Å². The van der Waals surface area contributed by atoms with Crippen molar-refractivity contribution in [3.8, 4) is 22.6 Å². The Morgan fingerprint density at radius 1 is 1.02 bits per heavy atom. The van der Waals surface area contributed by atoms with Gasteiger partial charge in [0.05, 0.1) is 30.5 Å². The highest BCUT2D eigenvalue weighted by Crippen LogP contribution is 2.33. The van der Waals surface area contributed by atoms with Gasteiger partial charge in [0, 0.05) is 37.3 Å². The molecule has 1 saturated carbocycles. The van der Waals surface area contributed by atoms with Crippen LogP contribution < -0.4 is 17.0 Å². The van der Waals surface area contributed by atoms with E-state index in [1.165, 1.54) is 9.13 Å².